The van der Waals surface area contributed by atoms with Gasteiger partial charge in [-0.2, -0.15) is 5.10 Å². The third kappa shape index (κ3) is 3.47. The number of carbonyl (C=O) groups is 1. The van der Waals surface area contributed by atoms with E-state index in [1.165, 1.54) is 0 Å². The van der Waals surface area contributed by atoms with Crippen LogP contribution in [-0.4, -0.2) is 16.2 Å². The Morgan fingerprint density at radius 2 is 2.10 bits per heavy atom. The minimum Gasteiger partial charge on any atom is -0.456 e. The number of aromatic nitrogens is 2. The molecule has 0 fully saturated rings. The molecular formula is C16H20N2O2. The van der Waals surface area contributed by atoms with Gasteiger partial charge in [-0.15, -0.1) is 0 Å². The van der Waals surface area contributed by atoms with Crippen molar-refractivity contribution < 1.29 is 9.53 Å². The molecule has 0 aliphatic carbocycles. The Morgan fingerprint density at radius 3 is 2.85 bits per heavy atom. The van der Waals surface area contributed by atoms with Crippen LogP contribution in [-0.2, 0) is 17.8 Å². The van der Waals surface area contributed by atoms with Crippen LogP contribution in [0.3, 0.4) is 0 Å². The molecule has 0 unspecified atom stereocenters. The van der Waals surface area contributed by atoms with Crippen molar-refractivity contribution >= 4 is 5.97 Å². The monoisotopic (exact) mass is 272 g/mol. The maximum Gasteiger partial charge on any atom is 0.359 e. The molecule has 0 aliphatic heterocycles. The largest absolute Gasteiger partial charge is 0.456 e. The minimum absolute atomic E-state index is 0.280. The molecule has 0 saturated heterocycles. The number of rotatable bonds is 5. The molecule has 0 aliphatic rings. The summed E-state index contributed by atoms with van der Waals surface area (Å²) >= 11 is 0. The number of hydrogen-bond donors (Lipinski definition) is 1. The van der Waals surface area contributed by atoms with E-state index in [-0.39, 0.29) is 12.6 Å². The molecule has 106 valence electrons. The normalized spacial score (nSPS) is 10.6. The predicted molar refractivity (Wildman–Crippen MR) is 77.6 cm³/mol. The first-order valence-corrected chi connectivity index (χ1v) is 6.87. The molecule has 1 aromatic heterocycles. The van der Waals surface area contributed by atoms with Crippen LogP contribution in [0, 0.1) is 13.8 Å². The summed E-state index contributed by atoms with van der Waals surface area (Å²) in [5, 5.41) is 6.84. The lowest BCUT2D eigenvalue weighted by Crippen LogP contribution is -2.06. The summed E-state index contributed by atoms with van der Waals surface area (Å²) in [5.74, 6) is -0.385. The molecular weight excluding hydrogens is 252 g/mol. The van der Waals surface area contributed by atoms with Gasteiger partial charge in [-0.05, 0) is 37.5 Å². The van der Waals surface area contributed by atoms with Gasteiger partial charge in [0.25, 0.3) is 0 Å². The third-order valence-corrected chi connectivity index (χ3v) is 3.22. The van der Waals surface area contributed by atoms with Gasteiger partial charge in [0.1, 0.15) is 6.61 Å². The van der Waals surface area contributed by atoms with Crippen LogP contribution in [0.15, 0.2) is 24.3 Å². The quantitative estimate of drug-likeness (QED) is 0.849. The number of esters is 1. The Morgan fingerprint density at radius 1 is 1.30 bits per heavy atom. The SMILES string of the molecule is CCCc1cc(C(=O)OCc2cc(C)ccc2C)n[nH]1. The van der Waals surface area contributed by atoms with Crippen molar-refractivity contribution in [1.82, 2.24) is 10.2 Å². The van der Waals surface area contributed by atoms with Gasteiger partial charge in [0, 0.05) is 5.69 Å². The lowest BCUT2D eigenvalue weighted by atomic mass is 10.1. The van der Waals surface area contributed by atoms with E-state index in [2.05, 4.69) is 17.1 Å². The highest BCUT2D eigenvalue weighted by molar-refractivity contribution is 5.87. The maximum atomic E-state index is 11.9. The second-order valence-electron chi connectivity index (χ2n) is 5.03. The van der Waals surface area contributed by atoms with Gasteiger partial charge in [-0.25, -0.2) is 4.79 Å². The maximum absolute atomic E-state index is 11.9. The highest BCUT2D eigenvalue weighted by Crippen LogP contribution is 2.13. The average molecular weight is 272 g/mol. The number of aromatic amines is 1. The first-order chi connectivity index (χ1) is 9.60. The van der Waals surface area contributed by atoms with Gasteiger partial charge in [-0.3, -0.25) is 5.10 Å². The zero-order valence-electron chi connectivity index (χ0n) is 12.2. The predicted octanol–water partition coefficient (Wildman–Crippen LogP) is 3.34. The van der Waals surface area contributed by atoms with Crippen molar-refractivity contribution in [3.8, 4) is 0 Å². The molecule has 2 rings (SSSR count). The summed E-state index contributed by atoms with van der Waals surface area (Å²) in [7, 11) is 0. The number of nitrogens with zero attached hydrogens (tertiary/aromatic N) is 1. The fourth-order valence-corrected chi connectivity index (χ4v) is 2.04. The molecule has 0 spiro atoms. The van der Waals surface area contributed by atoms with E-state index in [0.29, 0.717) is 5.69 Å². The number of H-pyrrole nitrogens is 1. The van der Waals surface area contributed by atoms with Crippen LogP contribution < -0.4 is 0 Å². The summed E-state index contributed by atoms with van der Waals surface area (Å²) < 4.78 is 5.32. The molecule has 1 N–H and O–H groups in total. The third-order valence-electron chi connectivity index (χ3n) is 3.22. The summed E-state index contributed by atoms with van der Waals surface area (Å²) in [5.41, 5.74) is 4.62. The minimum atomic E-state index is -0.385. The Kier molecular flexibility index (Phi) is 4.56. The van der Waals surface area contributed by atoms with E-state index >= 15 is 0 Å². The summed E-state index contributed by atoms with van der Waals surface area (Å²) in [4.78, 5) is 11.9. The number of carbonyl (C=O) groups excluding carboxylic acids is 1. The van der Waals surface area contributed by atoms with E-state index in [4.69, 9.17) is 4.74 Å². The summed E-state index contributed by atoms with van der Waals surface area (Å²) in [6.45, 7) is 6.40. The van der Waals surface area contributed by atoms with E-state index < -0.39 is 0 Å². The van der Waals surface area contributed by atoms with Crippen molar-refractivity contribution in [3.63, 3.8) is 0 Å². The van der Waals surface area contributed by atoms with Gasteiger partial charge in [0.05, 0.1) is 0 Å². The average Bonchev–Trinajstić information content (AvgIpc) is 2.88. The van der Waals surface area contributed by atoms with E-state index in [0.717, 1.165) is 35.2 Å². The fourth-order valence-electron chi connectivity index (χ4n) is 2.04. The second kappa shape index (κ2) is 6.37. The smallest absolute Gasteiger partial charge is 0.359 e. The molecule has 0 radical (unpaired) electrons. The van der Waals surface area contributed by atoms with Gasteiger partial charge >= 0.3 is 5.97 Å². The standard InChI is InChI=1S/C16H20N2O2/c1-4-5-14-9-15(18-17-14)16(19)20-10-13-8-11(2)6-7-12(13)3/h6-9H,4-5,10H2,1-3H3,(H,17,18). The molecule has 0 atom stereocenters. The Balaban J connectivity index is 1.99. The molecule has 1 aromatic carbocycles. The van der Waals surface area contributed by atoms with Crippen LogP contribution >= 0.6 is 0 Å². The van der Waals surface area contributed by atoms with Crippen LogP contribution in [0.2, 0.25) is 0 Å². The molecule has 4 heteroatoms. The van der Waals surface area contributed by atoms with Crippen LogP contribution in [0.1, 0.15) is 46.2 Å². The number of nitrogens with one attached hydrogen (secondary N) is 1. The van der Waals surface area contributed by atoms with Crippen LogP contribution in [0.25, 0.3) is 0 Å². The fraction of sp³-hybridized carbons (Fsp3) is 0.375. The van der Waals surface area contributed by atoms with Crippen LogP contribution in [0.4, 0.5) is 0 Å². The first kappa shape index (κ1) is 14.3. The highest BCUT2D eigenvalue weighted by Gasteiger charge is 2.12. The first-order valence-electron chi connectivity index (χ1n) is 6.87. The number of aryl methyl sites for hydroxylation is 3. The molecule has 0 amide bonds. The molecule has 1 heterocycles. The zero-order chi connectivity index (χ0) is 14.5. The molecule has 20 heavy (non-hydrogen) atoms. The Hall–Kier alpha value is -2.10. The molecule has 4 nitrogen and oxygen atoms in total. The van der Waals surface area contributed by atoms with E-state index in [1.807, 2.05) is 32.0 Å². The van der Waals surface area contributed by atoms with Gasteiger partial charge < -0.3 is 4.74 Å². The van der Waals surface area contributed by atoms with Crippen molar-refractivity contribution in [2.75, 3.05) is 0 Å². The lowest BCUT2D eigenvalue weighted by Gasteiger charge is -2.07. The molecule has 0 bridgehead atoms. The highest BCUT2D eigenvalue weighted by atomic mass is 16.5. The van der Waals surface area contributed by atoms with Crippen molar-refractivity contribution in [1.29, 1.82) is 0 Å². The van der Waals surface area contributed by atoms with Crippen molar-refractivity contribution in [3.05, 3.63) is 52.3 Å². The number of benzene rings is 1. The molecule has 0 saturated carbocycles. The van der Waals surface area contributed by atoms with E-state index in [9.17, 15) is 4.79 Å². The number of hydrogen-bond acceptors (Lipinski definition) is 3. The van der Waals surface area contributed by atoms with Crippen LogP contribution in [0.5, 0.6) is 0 Å². The second-order valence-corrected chi connectivity index (χ2v) is 5.03. The van der Waals surface area contributed by atoms with E-state index in [1.54, 1.807) is 6.07 Å². The zero-order valence-corrected chi connectivity index (χ0v) is 12.2. The number of ether oxygens (including phenoxy) is 1. The lowest BCUT2D eigenvalue weighted by molar-refractivity contribution is 0.0465. The molecule has 2 aromatic rings. The Bertz CT molecular complexity index is 602. The van der Waals surface area contributed by atoms with Gasteiger partial charge in [0.2, 0.25) is 0 Å². The summed E-state index contributed by atoms with van der Waals surface area (Å²) in [6.07, 6.45) is 1.90. The van der Waals surface area contributed by atoms with Crippen molar-refractivity contribution in [2.45, 2.75) is 40.2 Å². The summed E-state index contributed by atoms with van der Waals surface area (Å²) in [6, 6.07) is 7.88. The van der Waals surface area contributed by atoms with Gasteiger partial charge in [0.15, 0.2) is 5.69 Å². The van der Waals surface area contributed by atoms with Gasteiger partial charge in [-0.1, -0.05) is 37.1 Å². The topological polar surface area (TPSA) is 55.0 Å². The van der Waals surface area contributed by atoms with Crippen molar-refractivity contribution in [2.24, 2.45) is 0 Å². The Labute approximate surface area is 119 Å².